The average molecular weight is 498 g/mol. The number of ether oxygens (including phenoxy) is 3. The fourth-order valence-corrected chi connectivity index (χ4v) is 4.08. The van der Waals surface area contributed by atoms with Crippen LogP contribution >= 0.6 is 0 Å². The molecule has 0 spiro atoms. The van der Waals surface area contributed by atoms with Crippen molar-refractivity contribution in [2.75, 3.05) is 34.4 Å². The first-order chi connectivity index (χ1) is 17.2. The van der Waals surface area contributed by atoms with Crippen LogP contribution in [-0.4, -0.2) is 69.9 Å². The van der Waals surface area contributed by atoms with Crippen LogP contribution in [0.3, 0.4) is 0 Å². The second kappa shape index (κ2) is 13.5. The van der Waals surface area contributed by atoms with Crippen LogP contribution < -0.4 is 4.74 Å². The van der Waals surface area contributed by atoms with Crippen LogP contribution in [0.1, 0.15) is 58.5 Å². The first-order valence-electron chi connectivity index (χ1n) is 11.9. The maximum Gasteiger partial charge on any atom is 0.328 e. The summed E-state index contributed by atoms with van der Waals surface area (Å²) >= 11 is 0. The molecule has 2 aromatic carbocycles. The van der Waals surface area contributed by atoms with Crippen molar-refractivity contribution in [3.63, 3.8) is 0 Å². The minimum Gasteiger partial charge on any atom is -0.497 e. The minimum atomic E-state index is -1.63. The first kappa shape index (κ1) is 28.7. The molecule has 0 aliphatic rings. The molecule has 2 aromatic rings. The van der Waals surface area contributed by atoms with Gasteiger partial charge in [-0.3, -0.25) is 19.2 Å². The lowest BCUT2D eigenvalue weighted by molar-refractivity contribution is -0.166. The number of benzene rings is 2. The highest BCUT2D eigenvalue weighted by atomic mass is 16.6. The van der Waals surface area contributed by atoms with E-state index in [1.54, 1.807) is 50.2 Å². The number of hydrogen-bond acceptors (Lipinski definition) is 8. The van der Waals surface area contributed by atoms with Crippen molar-refractivity contribution >= 4 is 24.5 Å². The van der Waals surface area contributed by atoms with Crippen LogP contribution in [0, 0.1) is 0 Å². The summed E-state index contributed by atoms with van der Waals surface area (Å²) in [5.41, 5.74) is 0.508. The zero-order valence-electron chi connectivity index (χ0n) is 21.6. The van der Waals surface area contributed by atoms with Gasteiger partial charge in [-0.2, -0.15) is 0 Å². The molecule has 0 aliphatic heterocycles. The van der Waals surface area contributed by atoms with E-state index < -0.39 is 23.5 Å². The van der Waals surface area contributed by atoms with Crippen LogP contribution in [0.4, 0.5) is 0 Å². The van der Waals surface area contributed by atoms with Crippen molar-refractivity contribution in [2.45, 2.75) is 44.6 Å². The smallest absolute Gasteiger partial charge is 0.328 e. The SMILES string of the molecule is COC(=O)C(CCCN(C)CCc1ccc(C=O)c(C=O)c1)(C(=O)OC(C)C)c1cccc(OC)c1. The number of rotatable bonds is 14. The molecule has 0 saturated heterocycles. The van der Waals surface area contributed by atoms with Gasteiger partial charge in [0.2, 0.25) is 0 Å². The van der Waals surface area contributed by atoms with Crippen LogP contribution in [0.2, 0.25) is 0 Å². The Kier molecular flexibility index (Phi) is 10.8. The van der Waals surface area contributed by atoms with Crippen LogP contribution in [0.25, 0.3) is 0 Å². The van der Waals surface area contributed by atoms with Gasteiger partial charge in [0.05, 0.1) is 20.3 Å². The molecule has 36 heavy (non-hydrogen) atoms. The van der Waals surface area contributed by atoms with Crippen molar-refractivity contribution in [1.29, 1.82) is 0 Å². The molecule has 2 rings (SSSR count). The molecule has 0 heterocycles. The summed E-state index contributed by atoms with van der Waals surface area (Å²) < 4.78 is 15.9. The number of nitrogens with zero attached hydrogens (tertiary/aromatic N) is 1. The van der Waals surface area contributed by atoms with E-state index in [1.807, 2.05) is 13.1 Å². The summed E-state index contributed by atoms with van der Waals surface area (Å²) in [5, 5.41) is 0. The summed E-state index contributed by atoms with van der Waals surface area (Å²) in [6.45, 7) is 4.75. The minimum absolute atomic E-state index is 0.187. The largest absolute Gasteiger partial charge is 0.497 e. The van der Waals surface area contributed by atoms with Gasteiger partial charge in [0.25, 0.3) is 0 Å². The summed E-state index contributed by atoms with van der Waals surface area (Å²) in [5.74, 6) is -0.817. The van der Waals surface area contributed by atoms with Crippen molar-refractivity contribution in [2.24, 2.45) is 0 Å². The standard InChI is InChI=1S/C28H35NO7/c1-20(2)36-27(33)28(26(32)35-5,24-8-6-9-25(17-24)34-4)13-7-14-29(3)15-12-21-10-11-22(18-30)23(16-21)19-31/h6,8-11,16-20H,7,12-15H2,1-5H3. The number of aldehydes is 2. The van der Waals surface area contributed by atoms with E-state index in [9.17, 15) is 19.2 Å². The van der Waals surface area contributed by atoms with Gasteiger partial charge in [-0.25, -0.2) is 0 Å². The van der Waals surface area contributed by atoms with E-state index >= 15 is 0 Å². The highest BCUT2D eigenvalue weighted by Crippen LogP contribution is 2.35. The van der Waals surface area contributed by atoms with Crippen molar-refractivity contribution < 1.29 is 33.4 Å². The van der Waals surface area contributed by atoms with E-state index in [4.69, 9.17) is 14.2 Å². The lowest BCUT2D eigenvalue weighted by Gasteiger charge is -2.31. The Morgan fingerprint density at radius 1 is 0.972 bits per heavy atom. The van der Waals surface area contributed by atoms with Gasteiger partial charge in [-0.05, 0) is 76.0 Å². The number of hydrogen-bond donors (Lipinski definition) is 0. The van der Waals surface area contributed by atoms with E-state index in [-0.39, 0.29) is 6.42 Å². The molecular formula is C28H35NO7. The van der Waals surface area contributed by atoms with Crippen LogP contribution in [0.15, 0.2) is 42.5 Å². The predicted octanol–water partition coefficient (Wildman–Crippen LogP) is 3.64. The molecule has 0 aliphatic carbocycles. The zero-order valence-corrected chi connectivity index (χ0v) is 21.6. The Morgan fingerprint density at radius 3 is 2.31 bits per heavy atom. The summed E-state index contributed by atoms with van der Waals surface area (Å²) in [6.07, 6.45) is 2.31. The molecule has 0 bridgehead atoms. The van der Waals surface area contributed by atoms with Gasteiger partial charge in [-0.15, -0.1) is 0 Å². The highest BCUT2D eigenvalue weighted by Gasteiger charge is 2.50. The van der Waals surface area contributed by atoms with E-state index in [2.05, 4.69) is 4.90 Å². The molecule has 8 heteroatoms. The summed E-state index contributed by atoms with van der Waals surface area (Å²) in [7, 11) is 4.72. The van der Waals surface area contributed by atoms with Crippen molar-refractivity contribution in [3.8, 4) is 5.75 Å². The van der Waals surface area contributed by atoms with Gasteiger partial charge in [0.1, 0.15) is 5.75 Å². The third kappa shape index (κ3) is 7.01. The fraction of sp³-hybridized carbons (Fsp3) is 0.429. The number of esters is 2. The molecule has 0 aromatic heterocycles. The second-order valence-electron chi connectivity index (χ2n) is 8.94. The van der Waals surface area contributed by atoms with Gasteiger partial charge in [-0.1, -0.05) is 24.3 Å². The van der Waals surface area contributed by atoms with Crippen LogP contribution in [-0.2, 0) is 30.9 Å². The lowest BCUT2D eigenvalue weighted by Crippen LogP contribution is -2.47. The number of carbonyl (C=O) groups is 4. The van der Waals surface area contributed by atoms with E-state index in [1.165, 1.54) is 14.2 Å². The Morgan fingerprint density at radius 2 is 1.69 bits per heavy atom. The molecule has 0 fully saturated rings. The maximum absolute atomic E-state index is 13.3. The normalized spacial score (nSPS) is 12.6. The van der Waals surface area contributed by atoms with Crippen LogP contribution in [0.5, 0.6) is 5.75 Å². The Labute approximate surface area is 212 Å². The molecule has 0 radical (unpaired) electrons. The topological polar surface area (TPSA) is 99.2 Å². The zero-order chi connectivity index (χ0) is 26.7. The molecule has 1 unspecified atom stereocenters. The highest BCUT2D eigenvalue weighted by molar-refractivity contribution is 6.06. The molecule has 1 atom stereocenters. The third-order valence-electron chi connectivity index (χ3n) is 6.07. The monoisotopic (exact) mass is 497 g/mol. The molecule has 8 nitrogen and oxygen atoms in total. The second-order valence-corrected chi connectivity index (χ2v) is 8.94. The fourth-order valence-electron chi connectivity index (χ4n) is 4.08. The molecule has 0 saturated carbocycles. The van der Waals surface area contributed by atoms with Gasteiger partial charge < -0.3 is 19.1 Å². The number of likely N-dealkylation sites (N-methyl/N-ethyl adjacent to an activating group) is 1. The van der Waals surface area contributed by atoms with Crippen molar-refractivity contribution in [1.82, 2.24) is 4.90 Å². The number of carbonyl (C=O) groups excluding carboxylic acids is 4. The van der Waals surface area contributed by atoms with E-state index in [0.29, 0.717) is 60.9 Å². The predicted molar refractivity (Wildman–Crippen MR) is 136 cm³/mol. The van der Waals surface area contributed by atoms with Gasteiger partial charge >= 0.3 is 11.9 Å². The molecule has 0 amide bonds. The number of methoxy groups -OCH3 is 2. The van der Waals surface area contributed by atoms with Gasteiger partial charge in [0.15, 0.2) is 18.0 Å². The van der Waals surface area contributed by atoms with E-state index in [0.717, 1.165) is 5.56 Å². The van der Waals surface area contributed by atoms with Gasteiger partial charge in [0, 0.05) is 17.7 Å². The molecule has 0 N–H and O–H groups in total. The maximum atomic E-state index is 13.3. The summed E-state index contributed by atoms with van der Waals surface area (Å²) in [6, 6.07) is 12.0. The van der Waals surface area contributed by atoms with Crippen molar-refractivity contribution in [3.05, 3.63) is 64.7 Å². The quantitative estimate of drug-likeness (QED) is 0.222. The molecular weight excluding hydrogens is 462 g/mol. The lowest BCUT2D eigenvalue weighted by atomic mass is 9.76. The summed E-state index contributed by atoms with van der Waals surface area (Å²) in [4.78, 5) is 50.8. The molecule has 194 valence electrons. The third-order valence-corrected chi connectivity index (χ3v) is 6.07. The Bertz CT molecular complexity index is 1070. The Balaban J connectivity index is 2.18. The first-order valence-corrected chi connectivity index (χ1v) is 11.9. The average Bonchev–Trinajstić information content (AvgIpc) is 2.88. The Hall–Kier alpha value is -3.52.